The Balaban J connectivity index is 2.01. The molecule has 0 aromatic carbocycles. The van der Waals surface area contributed by atoms with Crippen LogP contribution in [0.4, 0.5) is 0 Å². The standard InChI is InChI=1S/C12H18O3/c1-3-13-9-5-6-10(14-4-2)12-8-7-11(9)15-12/h3-4,9-12H,1-2,5-8H2. The summed E-state index contributed by atoms with van der Waals surface area (Å²) in [6.07, 6.45) is 7.78. The van der Waals surface area contributed by atoms with Gasteiger partial charge in [0.25, 0.3) is 0 Å². The maximum absolute atomic E-state index is 5.91. The quantitative estimate of drug-likeness (QED) is 0.667. The third-order valence-electron chi connectivity index (χ3n) is 3.19. The zero-order valence-electron chi connectivity index (χ0n) is 8.93. The molecule has 0 radical (unpaired) electrons. The molecular weight excluding hydrogens is 192 g/mol. The van der Waals surface area contributed by atoms with Gasteiger partial charge in [-0.1, -0.05) is 13.2 Å². The third kappa shape index (κ3) is 2.17. The molecule has 2 heterocycles. The van der Waals surface area contributed by atoms with E-state index in [-0.39, 0.29) is 24.4 Å². The fraction of sp³-hybridized carbons (Fsp3) is 0.667. The number of ether oxygens (including phenoxy) is 3. The smallest absolute Gasteiger partial charge is 0.124 e. The van der Waals surface area contributed by atoms with Gasteiger partial charge in [-0.2, -0.15) is 0 Å². The molecule has 4 unspecified atom stereocenters. The summed E-state index contributed by atoms with van der Waals surface area (Å²) in [7, 11) is 0. The summed E-state index contributed by atoms with van der Waals surface area (Å²) < 4.78 is 16.9. The van der Waals surface area contributed by atoms with Gasteiger partial charge in [0.05, 0.1) is 24.7 Å². The van der Waals surface area contributed by atoms with E-state index in [9.17, 15) is 0 Å². The normalized spacial score (nSPS) is 39.2. The van der Waals surface area contributed by atoms with Crippen molar-refractivity contribution in [3.63, 3.8) is 0 Å². The number of hydrogen-bond donors (Lipinski definition) is 0. The summed E-state index contributed by atoms with van der Waals surface area (Å²) >= 11 is 0. The van der Waals surface area contributed by atoms with E-state index in [1.165, 1.54) is 12.5 Å². The van der Waals surface area contributed by atoms with Crippen LogP contribution in [0.5, 0.6) is 0 Å². The predicted octanol–water partition coefficient (Wildman–Crippen LogP) is 2.39. The molecule has 0 aliphatic carbocycles. The first-order valence-corrected chi connectivity index (χ1v) is 5.53. The molecular formula is C12H18O3. The largest absolute Gasteiger partial charge is 0.496 e. The lowest BCUT2D eigenvalue weighted by molar-refractivity contribution is -0.0550. The van der Waals surface area contributed by atoms with Crippen LogP contribution in [0.1, 0.15) is 25.7 Å². The zero-order valence-corrected chi connectivity index (χ0v) is 8.93. The van der Waals surface area contributed by atoms with Crippen LogP contribution in [0.3, 0.4) is 0 Å². The summed E-state index contributed by atoms with van der Waals surface area (Å²) in [6, 6.07) is 0. The second-order valence-corrected chi connectivity index (χ2v) is 4.05. The van der Waals surface area contributed by atoms with Gasteiger partial charge < -0.3 is 14.2 Å². The predicted molar refractivity (Wildman–Crippen MR) is 57.3 cm³/mol. The summed E-state index contributed by atoms with van der Waals surface area (Å²) in [6.45, 7) is 7.20. The second-order valence-electron chi connectivity index (χ2n) is 4.05. The third-order valence-corrected chi connectivity index (χ3v) is 3.19. The van der Waals surface area contributed by atoms with Crippen LogP contribution in [0.25, 0.3) is 0 Å². The second kappa shape index (κ2) is 4.71. The van der Waals surface area contributed by atoms with Crippen molar-refractivity contribution in [1.82, 2.24) is 0 Å². The molecule has 2 rings (SSSR count). The maximum Gasteiger partial charge on any atom is 0.124 e. The molecule has 3 nitrogen and oxygen atoms in total. The van der Waals surface area contributed by atoms with Gasteiger partial charge in [0, 0.05) is 0 Å². The van der Waals surface area contributed by atoms with Crippen molar-refractivity contribution >= 4 is 0 Å². The van der Waals surface area contributed by atoms with Crippen molar-refractivity contribution in [2.45, 2.75) is 50.1 Å². The highest BCUT2D eigenvalue weighted by atomic mass is 16.6. The van der Waals surface area contributed by atoms with Crippen LogP contribution >= 0.6 is 0 Å². The van der Waals surface area contributed by atoms with E-state index in [4.69, 9.17) is 14.2 Å². The van der Waals surface area contributed by atoms with Crippen LogP contribution in [0.2, 0.25) is 0 Å². The van der Waals surface area contributed by atoms with E-state index in [0.717, 1.165) is 25.7 Å². The topological polar surface area (TPSA) is 27.7 Å². The fourth-order valence-electron chi connectivity index (χ4n) is 2.50. The number of fused-ring (bicyclic) bond motifs is 2. The fourth-order valence-corrected chi connectivity index (χ4v) is 2.50. The molecule has 0 spiro atoms. The molecule has 2 bridgehead atoms. The van der Waals surface area contributed by atoms with Gasteiger partial charge in [-0.25, -0.2) is 0 Å². The van der Waals surface area contributed by atoms with Crippen LogP contribution in [0.15, 0.2) is 25.7 Å². The first kappa shape index (κ1) is 10.6. The SMILES string of the molecule is C=COC1CCC(OC=C)C2CCC1O2. The van der Waals surface area contributed by atoms with Gasteiger partial charge in [-0.3, -0.25) is 0 Å². The molecule has 84 valence electrons. The number of rotatable bonds is 4. The Hall–Kier alpha value is -0.960. The lowest BCUT2D eigenvalue weighted by Gasteiger charge is -2.21. The maximum atomic E-state index is 5.91. The van der Waals surface area contributed by atoms with Crippen molar-refractivity contribution < 1.29 is 14.2 Å². The molecule has 15 heavy (non-hydrogen) atoms. The molecule has 2 fully saturated rings. The van der Waals surface area contributed by atoms with Crippen LogP contribution in [0, 0.1) is 0 Å². The molecule has 0 aromatic heterocycles. The first-order chi connectivity index (χ1) is 7.35. The van der Waals surface area contributed by atoms with Crippen LogP contribution in [-0.2, 0) is 14.2 Å². The summed E-state index contributed by atoms with van der Waals surface area (Å²) in [5.74, 6) is 0. The molecule has 0 saturated carbocycles. The summed E-state index contributed by atoms with van der Waals surface area (Å²) in [4.78, 5) is 0. The molecule has 3 heteroatoms. The molecule has 2 aliphatic heterocycles. The Kier molecular flexibility index (Phi) is 3.31. The van der Waals surface area contributed by atoms with Gasteiger partial charge in [-0.15, -0.1) is 0 Å². The highest BCUT2D eigenvalue weighted by Gasteiger charge is 2.40. The lowest BCUT2D eigenvalue weighted by Crippen LogP contribution is -2.26. The van der Waals surface area contributed by atoms with Gasteiger partial charge in [-0.05, 0) is 25.7 Å². The van der Waals surface area contributed by atoms with Gasteiger partial charge in [0.1, 0.15) is 12.2 Å². The van der Waals surface area contributed by atoms with E-state index in [1.54, 1.807) is 0 Å². The molecule has 2 saturated heterocycles. The first-order valence-electron chi connectivity index (χ1n) is 5.53. The van der Waals surface area contributed by atoms with Crippen LogP contribution < -0.4 is 0 Å². The molecule has 0 amide bonds. The van der Waals surface area contributed by atoms with E-state index in [1.807, 2.05) is 0 Å². The minimum absolute atomic E-state index is 0.144. The Labute approximate surface area is 90.7 Å². The molecule has 2 aliphatic rings. The Bertz CT molecular complexity index is 215. The average Bonchev–Trinajstić information content (AvgIpc) is 2.64. The van der Waals surface area contributed by atoms with Crippen molar-refractivity contribution in [3.8, 4) is 0 Å². The van der Waals surface area contributed by atoms with Gasteiger partial charge in [0.2, 0.25) is 0 Å². The van der Waals surface area contributed by atoms with Crippen molar-refractivity contribution in [3.05, 3.63) is 25.7 Å². The molecule has 4 atom stereocenters. The minimum atomic E-state index is 0.144. The Morgan fingerprint density at radius 3 is 1.73 bits per heavy atom. The van der Waals surface area contributed by atoms with Crippen molar-refractivity contribution in [1.29, 1.82) is 0 Å². The highest BCUT2D eigenvalue weighted by molar-refractivity contribution is 4.90. The average molecular weight is 210 g/mol. The lowest BCUT2D eigenvalue weighted by atomic mass is 9.96. The van der Waals surface area contributed by atoms with Crippen LogP contribution in [-0.4, -0.2) is 24.4 Å². The Morgan fingerprint density at radius 1 is 0.867 bits per heavy atom. The Morgan fingerprint density at radius 2 is 1.33 bits per heavy atom. The monoisotopic (exact) mass is 210 g/mol. The van der Waals surface area contributed by atoms with E-state index in [2.05, 4.69) is 13.2 Å². The van der Waals surface area contributed by atoms with Gasteiger partial charge in [0.15, 0.2) is 0 Å². The molecule has 0 N–H and O–H groups in total. The van der Waals surface area contributed by atoms with E-state index >= 15 is 0 Å². The summed E-state index contributed by atoms with van der Waals surface area (Å²) in [5, 5.41) is 0. The van der Waals surface area contributed by atoms with Gasteiger partial charge >= 0.3 is 0 Å². The summed E-state index contributed by atoms with van der Waals surface area (Å²) in [5.41, 5.74) is 0. The zero-order chi connectivity index (χ0) is 10.7. The van der Waals surface area contributed by atoms with E-state index < -0.39 is 0 Å². The number of hydrogen-bond acceptors (Lipinski definition) is 3. The minimum Gasteiger partial charge on any atom is -0.496 e. The van der Waals surface area contributed by atoms with E-state index in [0.29, 0.717) is 0 Å². The van der Waals surface area contributed by atoms with Crippen molar-refractivity contribution in [2.75, 3.05) is 0 Å². The van der Waals surface area contributed by atoms with Crippen molar-refractivity contribution in [2.24, 2.45) is 0 Å². The highest BCUT2D eigenvalue weighted by Crippen LogP contribution is 2.34. The molecule has 0 aromatic rings.